The number of anilines is 1. The zero-order valence-corrected chi connectivity index (χ0v) is 18.8. The summed E-state index contributed by atoms with van der Waals surface area (Å²) in [5, 5.41) is 11.8. The van der Waals surface area contributed by atoms with Crippen LogP contribution in [0, 0.1) is 5.82 Å². The zero-order chi connectivity index (χ0) is 23.1. The molecule has 0 aromatic heterocycles. The predicted molar refractivity (Wildman–Crippen MR) is 119 cm³/mol. The maximum atomic E-state index is 14.3. The first-order valence-corrected chi connectivity index (χ1v) is 10.7. The Morgan fingerprint density at radius 3 is 2.56 bits per heavy atom. The van der Waals surface area contributed by atoms with Gasteiger partial charge in [-0.05, 0) is 42.3 Å². The first kappa shape index (κ1) is 24.0. The lowest BCUT2D eigenvalue weighted by Gasteiger charge is -2.36. The van der Waals surface area contributed by atoms with Gasteiger partial charge in [0.25, 0.3) is 0 Å². The Balaban J connectivity index is 1.65. The van der Waals surface area contributed by atoms with Crippen molar-refractivity contribution in [2.75, 3.05) is 38.9 Å². The van der Waals surface area contributed by atoms with Crippen molar-refractivity contribution >= 4 is 11.7 Å². The van der Waals surface area contributed by atoms with Crippen molar-refractivity contribution in [2.45, 2.75) is 38.0 Å². The molecule has 1 aliphatic rings. The highest BCUT2D eigenvalue weighted by atomic mass is 19.1. The molecule has 2 N–H and O–H groups in total. The number of rotatable bonds is 8. The second kappa shape index (κ2) is 10.8. The fourth-order valence-corrected chi connectivity index (χ4v) is 3.67. The van der Waals surface area contributed by atoms with Crippen LogP contribution in [-0.2, 0) is 21.7 Å². The van der Waals surface area contributed by atoms with Crippen LogP contribution in [0.5, 0.6) is 5.75 Å². The zero-order valence-electron chi connectivity index (χ0n) is 18.8. The molecule has 7 nitrogen and oxygen atoms in total. The summed E-state index contributed by atoms with van der Waals surface area (Å²) >= 11 is 0. The van der Waals surface area contributed by atoms with Crippen LogP contribution in [0.1, 0.15) is 30.9 Å². The molecule has 3 rings (SSSR count). The molecule has 8 heteroatoms. The van der Waals surface area contributed by atoms with Crippen LogP contribution in [-0.4, -0.2) is 51.2 Å². The van der Waals surface area contributed by atoms with Crippen molar-refractivity contribution in [2.24, 2.45) is 0 Å². The average molecular weight is 447 g/mol. The van der Waals surface area contributed by atoms with Gasteiger partial charge in [-0.25, -0.2) is 9.18 Å². The van der Waals surface area contributed by atoms with E-state index in [9.17, 15) is 9.18 Å². The molecule has 1 fully saturated rings. The number of hydrogen-bond acceptors (Lipinski definition) is 5. The number of amides is 2. The predicted octanol–water partition coefficient (Wildman–Crippen LogP) is 3.58. The van der Waals surface area contributed by atoms with Gasteiger partial charge in [0.15, 0.2) is 0 Å². The van der Waals surface area contributed by atoms with Gasteiger partial charge in [-0.1, -0.05) is 12.1 Å². The number of aliphatic hydroxyl groups excluding tert-OH is 1. The van der Waals surface area contributed by atoms with Gasteiger partial charge in [-0.3, -0.25) is 4.90 Å². The molecule has 32 heavy (non-hydrogen) atoms. The minimum atomic E-state index is -0.571. The molecular formula is C24H31FN2O5. The summed E-state index contributed by atoms with van der Waals surface area (Å²) in [5.74, 6) is 0.0574. The highest BCUT2D eigenvalue weighted by Gasteiger charge is 2.35. The van der Waals surface area contributed by atoms with Gasteiger partial charge in [0.1, 0.15) is 18.2 Å². The van der Waals surface area contributed by atoms with Crippen molar-refractivity contribution < 1.29 is 28.5 Å². The lowest BCUT2D eigenvalue weighted by atomic mass is 9.86. The van der Waals surface area contributed by atoms with E-state index < -0.39 is 5.60 Å². The Kier molecular flexibility index (Phi) is 8.06. The van der Waals surface area contributed by atoms with E-state index in [1.165, 1.54) is 17.0 Å². The maximum absolute atomic E-state index is 14.3. The number of nitrogens with one attached hydrogen (secondary N) is 1. The van der Waals surface area contributed by atoms with Gasteiger partial charge in [0.2, 0.25) is 0 Å². The summed E-state index contributed by atoms with van der Waals surface area (Å²) in [4.78, 5) is 13.6. The molecule has 0 spiro atoms. The Morgan fingerprint density at radius 2 is 1.94 bits per heavy atom. The second-order valence-corrected chi connectivity index (χ2v) is 8.03. The van der Waals surface area contributed by atoms with Gasteiger partial charge in [-0.2, -0.15) is 0 Å². The molecule has 2 aromatic rings. The van der Waals surface area contributed by atoms with Crippen LogP contribution in [0.2, 0.25) is 0 Å². The molecule has 1 saturated heterocycles. The van der Waals surface area contributed by atoms with Crippen molar-refractivity contribution in [3.8, 4) is 5.75 Å². The molecule has 1 aliphatic heterocycles. The lowest BCUT2D eigenvalue weighted by molar-refractivity contribution is -0.0950. The number of aliphatic hydroxyl groups is 1. The Labute approximate surface area is 188 Å². The van der Waals surface area contributed by atoms with Gasteiger partial charge < -0.3 is 24.6 Å². The standard InChI is InChI=1S/C24H31FN2O5/c1-17(15-28)26-23(29)27(2)21-6-4-18(5-7-21)16-32-22-13-19(12-20(25)14-22)24(30-3)8-10-31-11-9-24/h4-7,12-14,17,28H,8-11,15-16H2,1-3H3,(H,26,29). The number of carbonyl (C=O) groups excluding carboxylic acids is 1. The highest BCUT2D eigenvalue weighted by Crippen LogP contribution is 2.37. The van der Waals surface area contributed by atoms with E-state index in [0.29, 0.717) is 37.5 Å². The van der Waals surface area contributed by atoms with Crippen LogP contribution >= 0.6 is 0 Å². The van der Waals surface area contributed by atoms with E-state index >= 15 is 0 Å². The third-order valence-electron chi connectivity index (χ3n) is 5.77. The fraction of sp³-hybridized carbons (Fsp3) is 0.458. The Hall–Kier alpha value is -2.68. The summed E-state index contributed by atoms with van der Waals surface area (Å²) in [5.41, 5.74) is 1.76. The minimum absolute atomic E-state index is 0.128. The summed E-state index contributed by atoms with van der Waals surface area (Å²) in [6.07, 6.45) is 1.32. The van der Waals surface area contributed by atoms with E-state index in [-0.39, 0.29) is 31.1 Å². The van der Waals surface area contributed by atoms with Crippen molar-refractivity contribution in [1.29, 1.82) is 0 Å². The minimum Gasteiger partial charge on any atom is -0.489 e. The van der Waals surface area contributed by atoms with Gasteiger partial charge in [0.05, 0.1) is 18.2 Å². The average Bonchev–Trinajstić information content (AvgIpc) is 2.82. The molecule has 0 aliphatic carbocycles. The first-order chi connectivity index (χ1) is 15.4. The molecule has 174 valence electrons. The molecule has 0 radical (unpaired) electrons. The molecule has 2 amide bonds. The monoisotopic (exact) mass is 446 g/mol. The number of benzene rings is 2. The first-order valence-electron chi connectivity index (χ1n) is 10.7. The smallest absolute Gasteiger partial charge is 0.321 e. The normalized spacial score (nSPS) is 16.3. The molecule has 0 saturated carbocycles. The molecular weight excluding hydrogens is 415 g/mol. The van der Waals surface area contributed by atoms with Crippen molar-refractivity contribution in [1.82, 2.24) is 5.32 Å². The molecule has 0 bridgehead atoms. The van der Waals surface area contributed by atoms with E-state index in [1.54, 1.807) is 33.2 Å². The van der Waals surface area contributed by atoms with E-state index in [0.717, 1.165) is 11.1 Å². The number of nitrogens with zero attached hydrogens (tertiary/aromatic N) is 1. The molecule has 2 aromatic carbocycles. The van der Waals surface area contributed by atoms with Crippen LogP contribution in [0.25, 0.3) is 0 Å². The topological polar surface area (TPSA) is 80.3 Å². The summed E-state index contributed by atoms with van der Waals surface area (Å²) in [6, 6.07) is 11.4. The number of carbonyl (C=O) groups is 1. The number of halogens is 1. The summed E-state index contributed by atoms with van der Waals surface area (Å²) in [7, 11) is 3.29. The maximum Gasteiger partial charge on any atom is 0.321 e. The van der Waals surface area contributed by atoms with Crippen molar-refractivity contribution in [3.63, 3.8) is 0 Å². The summed E-state index contributed by atoms with van der Waals surface area (Å²) < 4.78 is 31.4. The van der Waals surface area contributed by atoms with Crippen LogP contribution in [0.3, 0.4) is 0 Å². The van der Waals surface area contributed by atoms with E-state index in [1.807, 2.05) is 18.2 Å². The third-order valence-corrected chi connectivity index (χ3v) is 5.77. The van der Waals surface area contributed by atoms with Gasteiger partial charge in [0, 0.05) is 52.0 Å². The number of hydrogen-bond donors (Lipinski definition) is 2. The molecule has 1 atom stereocenters. The number of methoxy groups -OCH3 is 1. The van der Waals surface area contributed by atoms with Crippen LogP contribution in [0.4, 0.5) is 14.9 Å². The SMILES string of the molecule is COC1(c2cc(F)cc(OCc3ccc(N(C)C(=O)NC(C)CO)cc3)c2)CCOCC1. The van der Waals surface area contributed by atoms with Gasteiger partial charge >= 0.3 is 6.03 Å². The highest BCUT2D eigenvalue weighted by molar-refractivity contribution is 5.91. The van der Waals surface area contributed by atoms with Crippen molar-refractivity contribution in [3.05, 3.63) is 59.4 Å². The van der Waals surface area contributed by atoms with Gasteiger partial charge in [-0.15, -0.1) is 0 Å². The largest absolute Gasteiger partial charge is 0.489 e. The quantitative estimate of drug-likeness (QED) is 0.648. The van der Waals surface area contributed by atoms with E-state index in [2.05, 4.69) is 5.32 Å². The van der Waals surface area contributed by atoms with Crippen LogP contribution < -0.4 is 15.0 Å². The Morgan fingerprint density at radius 1 is 1.25 bits per heavy atom. The molecule has 1 heterocycles. The lowest BCUT2D eigenvalue weighted by Crippen LogP contribution is -2.43. The summed E-state index contributed by atoms with van der Waals surface area (Å²) in [6.45, 7) is 2.98. The third kappa shape index (κ3) is 5.76. The number of urea groups is 1. The molecule has 1 unspecified atom stereocenters. The second-order valence-electron chi connectivity index (χ2n) is 8.03. The fourth-order valence-electron chi connectivity index (χ4n) is 3.67. The number of ether oxygens (including phenoxy) is 3. The Bertz CT molecular complexity index is 900. The van der Waals surface area contributed by atoms with E-state index in [4.69, 9.17) is 19.3 Å². The van der Waals surface area contributed by atoms with Crippen LogP contribution in [0.15, 0.2) is 42.5 Å².